The minimum Gasteiger partial charge on any atom is -0.357 e. The predicted molar refractivity (Wildman–Crippen MR) is 126 cm³/mol. The number of nitrogens with zero attached hydrogens (tertiary/aromatic N) is 5. The molecule has 8 heteroatoms. The van der Waals surface area contributed by atoms with Crippen LogP contribution in [0.3, 0.4) is 0 Å². The first kappa shape index (κ1) is 24.4. The summed E-state index contributed by atoms with van der Waals surface area (Å²) in [6.45, 7) is 9.47. The maximum Gasteiger partial charge on any atom is 0.191 e. The number of hydrogen-bond acceptors (Lipinski definition) is 4. The molecule has 7 nitrogen and oxygen atoms in total. The lowest BCUT2D eigenvalue weighted by Crippen LogP contribution is -2.39. The van der Waals surface area contributed by atoms with E-state index in [1.54, 1.807) is 6.33 Å². The highest BCUT2D eigenvalue weighted by atomic mass is 127. The predicted octanol–water partition coefficient (Wildman–Crippen LogP) is 2.54. The van der Waals surface area contributed by atoms with Crippen molar-refractivity contribution in [2.24, 2.45) is 4.99 Å². The molecule has 2 aromatic rings. The van der Waals surface area contributed by atoms with Crippen molar-refractivity contribution in [2.75, 3.05) is 33.2 Å². The zero-order valence-corrected chi connectivity index (χ0v) is 19.6. The number of aryl methyl sites for hydroxylation is 1. The minimum absolute atomic E-state index is 0. The van der Waals surface area contributed by atoms with Gasteiger partial charge < -0.3 is 20.1 Å². The van der Waals surface area contributed by atoms with Crippen LogP contribution in [-0.4, -0.2) is 58.9 Å². The molecule has 1 aromatic heterocycles. The second-order valence-electron chi connectivity index (χ2n) is 6.56. The summed E-state index contributed by atoms with van der Waals surface area (Å²) in [6.07, 6.45) is 3.71. The van der Waals surface area contributed by atoms with Crippen molar-refractivity contribution in [1.29, 1.82) is 0 Å². The van der Waals surface area contributed by atoms with Crippen molar-refractivity contribution >= 4 is 29.9 Å². The van der Waals surface area contributed by atoms with Crippen molar-refractivity contribution in [3.63, 3.8) is 0 Å². The van der Waals surface area contributed by atoms with Gasteiger partial charge in [-0.3, -0.25) is 4.99 Å². The van der Waals surface area contributed by atoms with E-state index in [0.717, 1.165) is 63.9 Å². The van der Waals surface area contributed by atoms with E-state index in [0.29, 0.717) is 0 Å². The molecule has 0 spiro atoms. The van der Waals surface area contributed by atoms with Crippen LogP contribution in [0.15, 0.2) is 41.7 Å². The summed E-state index contributed by atoms with van der Waals surface area (Å²) in [4.78, 5) is 7.02. The molecule has 2 N–H and O–H groups in total. The van der Waals surface area contributed by atoms with Crippen LogP contribution in [0.5, 0.6) is 0 Å². The third-order valence-corrected chi connectivity index (χ3v) is 4.26. The zero-order chi connectivity index (χ0) is 19.3. The molecule has 2 rings (SSSR count). The van der Waals surface area contributed by atoms with Crippen LogP contribution in [0.25, 0.3) is 0 Å². The zero-order valence-electron chi connectivity index (χ0n) is 17.3. The Kier molecular flexibility index (Phi) is 12.5. The number of aliphatic imine (C=N–C) groups is 1. The molecular formula is C20H34IN7. The Morgan fingerprint density at radius 2 is 1.96 bits per heavy atom. The molecule has 156 valence electrons. The fourth-order valence-electron chi connectivity index (χ4n) is 2.88. The number of nitrogens with one attached hydrogen (secondary N) is 2. The Balaban J connectivity index is 0.00000392. The first-order valence-electron chi connectivity index (χ1n) is 9.84. The van der Waals surface area contributed by atoms with Crippen molar-refractivity contribution < 1.29 is 0 Å². The normalized spacial score (nSPS) is 11.4. The van der Waals surface area contributed by atoms with Crippen LogP contribution in [0.4, 0.5) is 0 Å². The van der Waals surface area contributed by atoms with Crippen LogP contribution in [0.2, 0.25) is 0 Å². The molecule has 0 aliphatic heterocycles. The van der Waals surface area contributed by atoms with Gasteiger partial charge in [0.25, 0.3) is 0 Å². The highest BCUT2D eigenvalue weighted by Gasteiger charge is 2.03. The highest BCUT2D eigenvalue weighted by Crippen LogP contribution is 2.03. The highest BCUT2D eigenvalue weighted by molar-refractivity contribution is 14.0. The lowest BCUT2D eigenvalue weighted by molar-refractivity contribution is 0.324. The molecule has 0 bridgehead atoms. The summed E-state index contributed by atoms with van der Waals surface area (Å²) in [6, 6.07) is 10.6. The van der Waals surface area contributed by atoms with Crippen LogP contribution < -0.4 is 10.6 Å². The molecule has 0 atom stereocenters. The van der Waals surface area contributed by atoms with Crippen molar-refractivity contribution in [3.05, 3.63) is 48.0 Å². The van der Waals surface area contributed by atoms with E-state index < -0.39 is 0 Å². The third-order valence-electron chi connectivity index (χ3n) is 4.26. The van der Waals surface area contributed by atoms with E-state index >= 15 is 0 Å². The second-order valence-corrected chi connectivity index (χ2v) is 6.56. The third kappa shape index (κ3) is 9.01. The summed E-state index contributed by atoms with van der Waals surface area (Å²) in [5.74, 6) is 1.88. The van der Waals surface area contributed by atoms with Crippen LogP contribution in [-0.2, 0) is 19.5 Å². The lowest BCUT2D eigenvalue weighted by atomic mass is 10.2. The Labute approximate surface area is 186 Å². The summed E-state index contributed by atoms with van der Waals surface area (Å²) >= 11 is 0. The van der Waals surface area contributed by atoms with Gasteiger partial charge in [0.2, 0.25) is 0 Å². The number of benzene rings is 1. The van der Waals surface area contributed by atoms with Gasteiger partial charge in [-0.05, 0) is 32.5 Å². The average Bonchev–Trinajstić information content (AvgIpc) is 3.13. The Hall–Kier alpha value is -1.68. The number of aromatic nitrogens is 3. The van der Waals surface area contributed by atoms with Gasteiger partial charge in [-0.2, -0.15) is 0 Å². The summed E-state index contributed by atoms with van der Waals surface area (Å²) in [5.41, 5.74) is 1.35. The largest absolute Gasteiger partial charge is 0.357 e. The Bertz CT molecular complexity index is 672. The molecule has 0 fully saturated rings. The summed E-state index contributed by atoms with van der Waals surface area (Å²) in [7, 11) is 2.16. The topological polar surface area (TPSA) is 70.4 Å². The Morgan fingerprint density at radius 1 is 1.18 bits per heavy atom. The molecular weight excluding hydrogens is 465 g/mol. The maximum atomic E-state index is 4.68. The van der Waals surface area contributed by atoms with Gasteiger partial charge in [0.05, 0.1) is 0 Å². The molecule has 0 aliphatic carbocycles. The number of hydrogen-bond donors (Lipinski definition) is 2. The number of guanidine groups is 1. The smallest absolute Gasteiger partial charge is 0.191 e. The molecule has 1 heterocycles. The standard InChI is InChI=1S/C20H33N7.HI/c1-4-19-25-24-17-27(19)15-13-23-20(21-5-2)22-12-9-14-26(3)16-18-10-7-6-8-11-18;/h6-8,10-11,17H,4-5,9,12-16H2,1-3H3,(H2,21,22,23);1H. The van der Waals surface area contributed by atoms with E-state index in [2.05, 4.69) is 86.5 Å². The van der Waals surface area contributed by atoms with Gasteiger partial charge in [-0.1, -0.05) is 37.3 Å². The monoisotopic (exact) mass is 499 g/mol. The fraction of sp³-hybridized carbons (Fsp3) is 0.550. The number of rotatable bonds is 11. The molecule has 0 unspecified atom stereocenters. The molecule has 0 saturated carbocycles. The van der Waals surface area contributed by atoms with Crippen molar-refractivity contribution in [2.45, 2.75) is 39.8 Å². The van der Waals surface area contributed by atoms with Crippen LogP contribution in [0, 0.1) is 0 Å². The number of halogens is 1. The van der Waals surface area contributed by atoms with E-state index in [1.165, 1.54) is 5.56 Å². The van der Waals surface area contributed by atoms with E-state index in [-0.39, 0.29) is 24.0 Å². The quantitative estimate of drug-likeness (QED) is 0.215. The van der Waals surface area contributed by atoms with Crippen LogP contribution >= 0.6 is 24.0 Å². The van der Waals surface area contributed by atoms with Crippen molar-refractivity contribution in [1.82, 2.24) is 30.3 Å². The van der Waals surface area contributed by atoms with E-state index in [9.17, 15) is 0 Å². The van der Waals surface area contributed by atoms with Gasteiger partial charge in [0.1, 0.15) is 12.2 Å². The average molecular weight is 499 g/mol. The first-order chi connectivity index (χ1) is 13.2. The van der Waals surface area contributed by atoms with Gasteiger partial charge in [-0.25, -0.2) is 0 Å². The van der Waals surface area contributed by atoms with Gasteiger partial charge >= 0.3 is 0 Å². The maximum absolute atomic E-state index is 4.68. The molecule has 0 radical (unpaired) electrons. The lowest BCUT2D eigenvalue weighted by Gasteiger charge is -2.16. The van der Waals surface area contributed by atoms with Gasteiger partial charge in [0, 0.05) is 39.1 Å². The fourth-order valence-corrected chi connectivity index (χ4v) is 2.88. The molecule has 1 aromatic carbocycles. The van der Waals surface area contributed by atoms with Crippen LogP contribution in [0.1, 0.15) is 31.7 Å². The minimum atomic E-state index is 0. The summed E-state index contributed by atoms with van der Waals surface area (Å²) in [5, 5.41) is 14.8. The van der Waals surface area contributed by atoms with Crippen molar-refractivity contribution in [3.8, 4) is 0 Å². The van der Waals surface area contributed by atoms with Gasteiger partial charge in [0.15, 0.2) is 5.96 Å². The Morgan fingerprint density at radius 3 is 2.68 bits per heavy atom. The SMILES string of the molecule is CCNC(=NCCCN(C)Cc1ccccc1)NCCn1cnnc1CC.I. The molecule has 0 amide bonds. The second kappa shape index (κ2) is 14.3. The first-order valence-corrected chi connectivity index (χ1v) is 9.84. The van der Waals surface area contributed by atoms with E-state index in [4.69, 9.17) is 0 Å². The molecule has 0 aliphatic rings. The summed E-state index contributed by atoms with van der Waals surface area (Å²) < 4.78 is 2.08. The molecule has 28 heavy (non-hydrogen) atoms. The molecule has 0 saturated heterocycles. The van der Waals surface area contributed by atoms with Gasteiger partial charge in [-0.15, -0.1) is 34.2 Å². The van der Waals surface area contributed by atoms with E-state index in [1.807, 2.05) is 0 Å².